The third-order valence-corrected chi connectivity index (χ3v) is 3.49. The van der Waals surface area contributed by atoms with E-state index in [2.05, 4.69) is 10.6 Å². The van der Waals surface area contributed by atoms with Gasteiger partial charge in [0.15, 0.2) is 11.5 Å². The Balaban J connectivity index is 1.92. The lowest BCUT2D eigenvalue weighted by Crippen LogP contribution is -2.43. The first-order chi connectivity index (χ1) is 10.1. The minimum Gasteiger partial charge on any atom is -0.480 e. The molecule has 1 aromatic rings. The summed E-state index contributed by atoms with van der Waals surface area (Å²) >= 11 is 1.53. The molecule has 21 heavy (non-hydrogen) atoms. The van der Waals surface area contributed by atoms with Gasteiger partial charge in [-0.1, -0.05) is 0 Å². The van der Waals surface area contributed by atoms with Gasteiger partial charge >= 0.3 is 12.0 Å². The lowest BCUT2D eigenvalue weighted by atomic mass is 10.2. The van der Waals surface area contributed by atoms with Crippen molar-refractivity contribution in [3.63, 3.8) is 0 Å². The van der Waals surface area contributed by atoms with Crippen molar-refractivity contribution in [2.45, 2.75) is 12.5 Å². The standard InChI is InChI=1S/C13H16N2O5S/c1-21-5-4-9(12(16)17)15-13(18)14-8-2-3-10-11(6-8)20-7-19-10/h2-3,6,9H,4-5,7H2,1H3,(H,16,17)(H2,14,15,18)/t9-/m1/s1. The van der Waals surface area contributed by atoms with Crippen LogP contribution in [0, 0.1) is 0 Å². The van der Waals surface area contributed by atoms with E-state index in [4.69, 9.17) is 14.6 Å². The zero-order valence-corrected chi connectivity index (χ0v) is 12.2. The summed E-state index contributed by atoms with van der Waals surface area (Å²) in [5, 5.41) is 14.1. The van der Waals surface area contributed by atoms with E-state index >= 15 is 0 Å². The number of ether oxygens (including phenoxy) is 2. The number of carboxylic acid groups (broad SMARTS) is 1. The number of hydrogen-bond acceptors (Lipinski definition) is 5. The molecule has 1 aromatic carbocycles. The van der Waals surface area contributed by atoms with E-state index in [9.17, 15) is 9.59 Å². The van der Waals surface area contributed by atoms with Crippen molar-refractivity contribution in [3.05, 3.63) is 18.2 Å². The lowest BCUT2D eigenvalue weighted by molar-refractivity contribution is -0.139. The van der Waals surface area contributed by atoms with E-state index in [1.54, 1.807) is 18.2 Å². The largest absolute Gasteiger partial charge is 0.480 e. The van der Waals surface area contributed by atoms with Gasteiger partial charge in [-0.2, -0.15) is 11.8 Å². The monoisotopic (exact) mass is 312 g/mol. The molecule has 114 valence electrons. The topological polar surface area (TPSA) is 96.9 Å². The van der Waals surface area contributed by atoms with Crippen molar-refractivity contribution in [2.24, 2.45) is 0 Å². The molecule has 1 aliphatic heterocycles. The molecule has 8 heteroatoms. The predicted octanol–water partition coefficient (Wildman–Crippen LogP) is 1.74. The quantitative estimate of drug-likeness (QED) is 0.740. The second kappa shape index (κ2) is 7.07. The maximum Gasteiger partial charge on any atom is 0.326 e. The number of benzene rings is 1. The number of aliphatic carboxylic acids is 1. The highest BCUT2D eigenvalue weighted by Gasteiger charge is 2.20. The first-order valence-corrected chi connectivity index (χ1v) is 7.68. The highest BCUT2D eigenvalue weighted by Crippen LogP contribution is 2.34. The Morgan fingerprint density at radius 3 is 2.86 bits per heavy atom. The van der Waals surface area contributed by atoms with Crippen LogP contribution in [0.25, 0.3) is 0 Å². The molecule has 0 radical (unpaired) electrons. The summed E-state index contributed by atoms with van der Waals surface area (Å²) in [5.41, 5.74) is 0.505. The van der Waals surface area contributed by atoms with E-state index in [0.717, 1.165) is 0 Å². The fourth-order valence-corrected chi connectivity index (χ4v) is 2.26. The summed E-state index contributed by atoms with van der Waals surface area (Å²) in [5.74, 6) is 0.764. The molecule has 0 spiro atoms. The van der Waals surface area contributed by atoms with Gasteiger partial charge < -0.3 is 25.2 Å². The van der Waals surface area contributed by atoms with Crippen LogP contribution in [-0.2, 0) is 4.79 Å². The Bertz CT molecular complexity index is 537. The number of amides is 2. The fourth-order valence-electron chi connectivity index (χ4n) is 1.79. The maximum absolute atomic E-state index is 11.8. The van der Waals surface area contributed by atoms with Gasteiger partial charge in [0.1, 0.15) is 6.04 Å². The average molecular weight is 312 g/mol. The lowest BCUT2D eigenvalue weighted by Gasteiger charge is -2.14. The van der Waals surface area contributed by atoms with Crippen molar-refractivity contribution < 1.29 is 24.2 Å². The summed E-state index contributed by atoms with van der Waals surface area (Å²) < 4.78 is 10.4. The molecule has 7 nitrogen and oxygen atoms in total. The third-order valence-electron chi connectivity index (χ3n) is 2.84. The number of hydrogen-bond donors (Lipinski definition) is 3. The van der Waals surface area contributed by atoms with Crippen LogP contribution in [0.2, 0.25) is 0 Å². The molecule has 2 amide bonds. The van der Waals surface area contributed by atoms with Gasteiger partial charge in [0.05, 0.1) is 0 Å². The Hall–Kier alpha value is -2.09. The molecule has 3 N–H and O–H groups in total. The fraction of sp³-hybridized carbons (Fsp3) is 0.385. The molecular weight excluding hydrogens is 296 g/mol. The van der Waals surface area contributed by atoms with E-state index in [1.165, 1.54) is 11.8 Å². The van der Waals surface area contributed by atoms with Crippen molar-refractivity contribution in [1.82, 2.24) is 5.32 Å². The molecule has 0 unspecified atom stereocenters. The summed E-state index contributed by atoms with van der Waals surface area (Å²) in [7, 11) is 0. The molecule has 0 saturated heterocycles. The molecule has 0 saturated carbocycles. The van der Waals surface area contributed by atoms with Crippen LogP contribution in [0.4, 0.5) is 10.5 Å². The summed E-state index contributed by atoms with van der Waals surface area (Å²) in [4.78, 5) is 22.9. The zero-order valence-electron chi connectivity index (χ0n) is 11.4. The first kappa shape index (κ1) is 15.3. The second-order valence-electron chi connectivity index (χ2n) is 4.34. The highest BCUT2D eigenvalue weighted by molar-refractivity contribution is 7.98. The number of carbonyl (C=O) groups excluding carboxylic acids is 1. The smallest absolute Gasteiger partial charge is 0.326 e. The molecule has 0 aromatic heterocycles. The number of fused-ring (bicyclic) bond motifs is 1. The van der Waals surface area contributed by atoms with Gasteiger partial charge in [-0.05, 0) is 30.6 Å². The van der Waals surface area contributed by atoms with Crippen molar-refractivity contribution >= 4 is 29.4 Å². The highest BCUT2D eigenvalue weighted by atomic mass is 32.2. The first-order valence-electron chi connectivity index (χ1n) is 6.29. The van der Waals surface area contributed by atoms with E-state index in [-0.39, 0.29) is 6.79 Å². The minimum atomic E-state index is -1.05. The molecule has 0 aliphatic carbocycles. The van der Waals surface area contributed by atoms with Crippen LogP contribution < -0.4 is 20.1 Å². The second-order valence-corrected chi connectivity index (χ2v) is 5.32. The molecular formula is C13H16N2O5S. The van der Waals surface area contributed by atoms with Crippen molar-refractivity contribution in [1.29, 1.82) is 0 Å². The van der Waals surface area contributed by atoms with Crippen LogP contribution in [0.1, 0.15) is 6.42 Å². The van der Waals surface area contributed by atoms with Gasteiger partial charge in [0, 0.05) is 11.8 Å². The third kappa shape index (κ3) is 4.19. The van der Waals surface area contributed by atoms with E-state index in [0.29, 0.717) is 29.4 Å². The minimum absolute atomic E-state index is 0.154. The van der Waals surface area contributed by atoms with Crippen LogP contribution in [-0.4, -0.2) is 42.0 Å². The van der Waals surface area contributed by atoms with Crippen LogP contribution in [0.5, 0.6) is 11.5 Å². The van der Waals surface area contributed by atoms with Crippen LogP contribution in [0.15, 0.2) is 18.2 Å². The molecule has 0 bridgehead atoms. The summed E-state index contributed by atoms with van der Waals surface area (Å²) in [6, 6.07) is 3.49. The molecule has 0 fully saturated rings. The maximum atomic E-state index is 11.8. The average Bonchev–Trinajstić information content (AvgIpc) is 2.90. The van der Waals surface area contributed by atoms with Gasteiger partial charge in [-0.3, -0.25) is 0 Å². The van der Waals surface area contributed by atoms with Crippen molar-refractivity contribution in [2.75, 3.05) is 24.1 Å². The predicted molar refractivity (Wildman–Crippen MR) is 79.1 cm³/mol. The molecule has 1 aliphatic rings. The summed E-state index contributed by atoms with van der Waals surface area (Å²) in [6.45, 7) is 0.154. The molecule has 1 atom stereocenters. The summed E-state index contributed by atoms with van der Waals surface area (Å²) in [6.07, 6.45) is 2.25. The van der Waals surface area contributed by atoms with Gasteiger partial charge in [0.2, 0.25) is 6.79 Å². The van der Waals surface area contributed by atoms with E-state index in [1.807, 2.05) is 6.26 Å². The number of nitrogens with one attached hydrogen (secondary N) is 2. The number of urea groups is 1. The van der Waals surface area contributed by atoms with E-state index < -0.39 is 18.0 Å². The van der Waals surface area contributed by atoms with Crippen LogP contribution in [0.3, 0.4) is 0 Å². The van der Waals surface area contributed by atoms with Crippen LogP contribution >= 0.6 is 11.8 Å². The normalized spacial score (nSPS) is 13.6. The number of thioether (sulfide) groups is 1. The SMILES string of the molecule is CSCC[C@@H](NC(=O)Nc1ccc2c(c1)OCO2)C(=O)O. The van der Waals surface area contributed by atoms with Gasteiger partial charge in [-0.25, -0.2) is 9.59 Å². The zero-order chi connectivity index (χ0) is 15.2. The Labute approximate surface area is 126 Å². The number of rotatable bonds is 6. The van der Waals surface area contributed by atoms with Crippen molar-refractivity contribution in [3.8, 4) is 11.5 Å². The Morgan fingerprint density at radius 1 is 1.38 bits per heavy atom. The number of carbonyl (C=O) groups is 2. The molecule has 2 rings (SSSR count). The number of anilines is 1. The Kier molecular flexibility index (Phi) is 5.15. The number of carboxylic acids is 1. The van der Waals surface area contributed by atoms with Gasteiger partial charge in [0.25, 0.3) is 0 Å². The Morgan fingerprint density at radius 2 is 2.14 bits per heavy atom. The van der Waals surface area contributed by atoms with Gasteiger partial charge in [-0.15, -0.1) is 0 Å². The molecule has 1 heterocycles.